The zero-order chi connectivity index (χ0) is 36.1. The molecule has 1 aliphatic carbocycles. The van der Waals surface area contributed by atoms with Gasteiger partial charge >= 0.3 is 0 Å². The summed E-state index contributed by atoms with van der Waals surface area (Å²) in [5.41, 5.74) is 14.7. The molecule has 4 nitrogen and oxygen atoms in total. The van der Waals surface area contributed by atoms with Gasteiger partial charge in [-0.2, -0.15) is 0 Å². The van der Waals surface area contributed by atoms with Crippen LogP contribution in [0.5, 0.6) is 0 Å². The molecular formula is C48H40N4. The third kappa shape index (κ3) is 6.55. The number of fused-ring (bicyclic) bond motifs is 3. The predicted molar refractivity (Wildman–Crippen MR) is 217 cm³/mol. The van der Waals surface area contributed by atoms with Gasteiger partial charge in [0, 0.05) is 17.3 Å². The summed E-state index contributed by atoms with van der Waals surface area (Å²) < 4.78 is 0. The third-order valence-corrected chi connectivity index (χ3v) is 9.69. The Hall–Kier alpha value is -6.52. The number of rotatable bonds is 5. The van der Waals surface area contributed by atoms with Gasteiger partial charge in [-0.15, -0.1) is 0 Å². The predicted octanol–water partition coefficient (Wildman–Crippen LogP) is 11.2. The Morgan fingerprint density at radius 3 is 1.75 bits per heavy atom. The van der Waals surface area contributed by atoms with E-state index in [1.807, 2.05) is 74.6 Å². The van der Waals surface area contributed by atoms with E-state index in [0.717, 1.165) is 22.4 Å². The number of nitrogens with one attached hydrogen (secondary N) is 1. The molecule has 4 heteroatoms. The van der Waals surface area contributed by atoms with E-state index >= 15 is 0 Å². The minimum Gasteiger partial charge on any atom is -0.282 e. The quantitative estimate of drug-likeness (QED) is 0.144. The smallest absolute Gasteiger partial charge is 0.161 e. The Balaban J connectivity index is 0.000000182. The van der Waals surface area contributed by atoms with Crippen LogP contribution in [0.25, 0.3) is 22.3 Å². The van der Waals surface area contributed by atoms with Crippen LogP contribution in [0.1, 0.15) is 50.2 Å². The summed E-state index contributed by atoms with van der Waals surface area (Å²) in [6.07, 6.45) is 1.90. The fourth-order valence-corrected chi connectivity index (χ4v) is 6.99. The zero-order valence-electron chi connectivity index (χ0n) is 29.7. The summed E-state index contributed by atoms with van der Waals surface area (Å²) in [6, 6.07) is 57.1. The molecule has 0 fully saturated rings. The van der Waals surface area contributed by atoms with Crippen LogP contribution in [0.3, 0.4) is 0 Å². The Morgan fingerprint density at radius 1 is 0.558 bits per heavy atom. The van der Waals surface area contributed by atoms with Crippen LogP contribution >= 0.6 is 0 Å². The molecule has 0 bridgehead atoms. The first-order valence-corrected chi connectivity index (χ1v) is 17.4. The maximum atomic E-state index is 8.05. The molecule has 0 saturated carbocycles. The van der Waals surface area contributed by atoms with Gasteiger partial charge in [0.2, 0.25) is 0 Å². The molecule has 6 aromatic carbocycles. The minimum absolute atomic E-state index is 0.188. The van der Waals surface area contributed by atoms with Gasteiger partial charge in [-0.3, -0.25) is 10.4 Å². The summed E-state index contributed by atoms with van der Waals surface area (Å²) in [4.78, 5) is 13.1. The average molecular weight is 673 g/mol. The lowest BCUT2D eigenvalue weighted by molar-refractivity contribution is 0.735. The van der Waals surface area contributed by atoms with E-state index < -0.39 is 5.41 Å². The van der Waals surface area contributed by atoms with Crippen molar-refractivity contribution in [2.24, 2.45) is 9.98 Å². The monoisotopic (exact) mass is 672 g/mol. The highest BCUT2D eigenvalue weighted by molar-refractivity contribution is 6.11. The van der Waals surface area contributed by atoms with Gasteiger partial charge in [0.1, 0.15) is 0 Å². The van der Waals surface area contributed by atoms with E-state index in [9.17, 15) is 0 Å². The third-order valence-electron chi connectivity index (χ3n) is 9.69. The summed E-state index contributed by atoms with van der Waals surface area (Å²) in [5, 5.41) is 8.05. The molecule has 0 aliphatic heterocycles. The molecule has 252 valence electrons. The summed E-state index contributed by atoms with van der Waals surface area (Å²) >= 11 is 0. The fourth-order valence-electron chi connectivity index (χ4n) is 6.99. The van der Waals surface area contributed by atoms with Gasteiger partial charge in [-0.25, -0.2) is 9.98 Å². The number of aromatic nitrogens is 1. The van der Waals surface area contributed by atoms with Crippen molar-refractivity contribution in [3.05, 3.63) is 220 Å². The van der Waals surface area contributed by atoms with Crippen LogP contribution in [-0.2, 0) is 5.41 Å². The number of hydrogen-bond donors (Lipinski definition) is 1. The highest BCUT2D eigenvalue weighted by Crippen LogP contribution is 2.56. The molecule has 0 spiro atoms. The highest BCUT2D eigenvalue weighted by atomic mass is 14.9. The zero-order valence-corrected chi connectivity index (χ0v) is 29.7. The minimum atomic E-state index is -0.430. The van der Waals surface area contributed by atoms with E-state index in [1.54, 1.807) is 0 Å². The first kappa shape index (κ1) is 34.0. The number of aliphatic imine (C=N–C) groups is 2. The second-order valence-corrected chi connectivity index (χ2v) is 13.2. The van der Waals surface area contributed by atoms with Gasteiger partial charge in [0.05, 0.1) is 11.1 Å². The molecule has 0 amide bonds. The normalized spacial score (nSPS) is 14.4. The molecule has 0 radical (unpaired) electrons. The largest absolute Gasteiger partial charge is 0.282 e. The maximum Gasteiger partial charge on any atom is 0.161 e. The van der Waals surface area contributed by atoms with Crippen LogP contribution in [-0.4, -0.2) is 23.4 Å². The molecule has 1 unspecified atom stereocenters. The fraction of sp³-hybridized carbons (Fsp3) is 0.0833. The van der Waals surface area contributed by atoms with Crippen LogP contribution in [0, 0.1) is 26.2 Å². The lowest BCUT2D eigenvalue weighted by Gasteiger charge is -2.32. The van der Waals surface area contributed by atoms with Crippen molar-refractivity contribution in [2.75, 3.05) is 0 Å². The molecule has 1 aromatic heterocycles. The molecule has 1 aliphatic rings. The number of benzene rings is 6. The number of pyridine rings is 1. The number of hydrogen-bond acceptors (Lipinski definition) is 2. The van der Waals surface area contributed by atoms with Crippen molar-refractivity contribution in [2.45, 2.75) is 26.2 Å². The van der Waals surface area contributed by atoms with Crippen molar-refractivity contribution >= 4 is 18.4 Å². The molecule has 0 saturated heterocycles. The molecule has 7 aromatic rings. The van der Waals surface area contributed by atoms with Crippen molar-refractivity contribution in [1.29, 1.82) is 5.41 Å². The van der Waals surface area contributed by atoms with E-state index in [2.05, 4.69) is 133 Å². The van der Waals surface area contributed by atoms with Crippen molar-refractivity contribution in [3.8, 4) is 22.3 Å². The van der Waals surface area contributed by atoms with Crippen molar-refractivity contribution in [3.63, 3.8) is 0 Å². The van der Waals surface area contributed by atoms with E-state index in [0.29, 0.717) is 5.84 Å². The van der Waals surface area contributed by atoms with Gasteiger partial charge in [-0.05, 0) is 84.6 Å². The van der Waals surface area contributed by atoms with E-state index in [1.165, 1.54) is 50.1 Å². The average Bonchev–Trinajstić information content (AvgIpc) is 3.49. The summed E-state index contributed by atoms with van der Waals surface area (Å²) in [5.74, 6) is 0.656. The topological polar surface area (TPSA) is 61.5 Å². The first-order chi connectivity index (χ1) is 25.4. The molecule has 52 heavy (non-hydrogen) atoms. The number of amidine groups is 2. The van der Waals surface area contributed by atoms with Gasteiger partial charge in [0.15, 0.2) is 11.7 Å². The highest BCUT2D eigenvalue weighted by Gasteiger charge is 2.47. The lowest BCUT2D eigenvalue weighted by atomic mass is 9.70. The maximum absolute atomic E-state index is 8.05. The van der Waals surface area contributed by atoms with Gasteiger partial charge in [-0.1, -0.05) is 162 Å². The van der Waals surface area contributed by atoms with E-state index in [4.69, 9.17) is 10.4 Å². The van der Waals surface area contributed by atoms with Gasteiger partial charge < -0.3 is 0 Å². The standard InChI is InChI=1S/C31H23N.C17H17N3/c1-22-14-16-23(17-15-22)24-18-19-29-27(21-24)26-11-5-6-12-28(26)31(29,25-9-3-2-4-10-25)30-13-7-8-20-32-30;1-12-4-8-14(9-5-12)16(18)20-17(19-3)15-10-6-13(2)7-11-15/h2-21H,1H3;4-11,18H,3H2,1-2H3. The summed E-state index contributed by atoms with van der Waals surface area (Å²) in [7, 11) is 0. The Bertz CT molecular complexity index is 2330. The number of aryl methyl sites for hydroxylation is 3. The molecule has 1 atom stereocenters. The molecule has 1 heterocycles. The van der Waals surface area contributed by atoms with Crippen LogP contribution < -0.4 is 0 Å². The van der Waals surface area contributed by atoms with Crippen LogP contribution in [0.4, 0.5) is 0 Å². The molecule has 8 rings (SSSR count). The lowest BCUT2D eigenvalue weighted by Crippen LogP contribution is -2.29. The number of nitrogens with zero attached hydrogens (tertiary/aromatic N) is 3. The molecule has 1 N–H and O–H groups in total. The molecular weight excluding hydrogens is 633 g/mol. The van der Waals surface area contributed by atoms with Gasteiger partial charge in [0.25, 0.3) is 0 Å². The first-order valence-electron chi connectivity index (χ1n) is 17.4. The SMILES string of the molecule is C=NC(=NC(=N)c1ccc(C)cc1)c1ccc(C)cc1.Cc1ccc(-c2ccc3c(c2)-c2ccccc2C3(c2ccccc2)c2ccccn2)cc1. The second kappa shape index (κ2) is 14.8. The Morgan fingerprint density at radius 2 is 1.12 bits per heavy atom. The second-order valence-electron chi connectivity index (χ2n) is 13.2. The van der Waals surface area contributed by atoms with E-state index in [-0.39, 0.29) is 5.84 Å². The Kier molecular flexibility index (Phi) is 9.64. The van der Waals surface area contributed by atoms with Crippen molar-refractivity contribution < 1.29 is 0 Å². The van der Waals surface area contributed by atoms with Crippen molar-refractivity contribution in [1.82, 2.24) is 4.98 Å². The van der Waals surface area contributed by atoms with Crippen LogP contribution in [0.15, 0.2) is 180 Å². The summed E-state index contributed by atoms with van der Waals surface area (Å²) in [6.45, 7) is 9.71. The Labute approximate surface area is 306 Å². The van der Waals surface area contributed by atoms with Crippen LogP contribution in [0.2, 0.25) is 0 Å².